The molecule has 0 aliphatic carbocycles. The van der Waals surface area contributed by atoms with Gasteiger partial charge < -0.3 is 14.6 Å². The summed E-state index contributed by atoms with van der Waals surface area (Å²) in [5, 5.41) is 20.3. The number of sulfonamides is 1. The van der Waals surface area contributed by atoms with Crippen molar-refractivity contribution in [1.82, 2.24) is 0 Å². The molecule has 0 aliphatic heterocycles. The minimum absolute atomic E-state index is 0.112. The van der Waals surface area contributed by atoms with Gasteiger partial charge in [0.2, 0.25) is 21.5 Å². The highest BCUT2D eigenvalue weighted by Crippen LogP contribution is 2.49. The fourth-order valence-corrected chi connectivity index (χ4v) is 2.95. The molecule has 120 valence electrons. The highest BCUT2D eigenvalue weighted by molar-refractivity contribution is 7.92. The van der Waals surface area contributed by atoms with Gasteiger partial charge in [0, 0.05) is 12.6 Å². The van der Waals surface area contributed by atoms with Gasteiger partial charge in [0.25, 0.3) is 5.88 Å². The van der Waals surface area contributed by atoms with Gasteiger partial charge in [-0.2, -0.15) is 0 Å². The Hall–Kier alpha value is -1.57. The Kier molecular flexibility index (Phi) is 4.51. The quantitative estimate of drug-likeness (QED) is 0.865. The minimum atomic E-state index is -3.67. The summed E-state index contributed by atoms with van der Waals surface area (Å²) in [6, 6.07) is 4.64. The standard InChI is InChI=1S/C13H13Cl2NO5S/c1-3-22(19,20)16(2)13-11(18)10(17)12(21-13)7-5-4-6-8(14)9(7)15/h4-6,17-18H,3H2,1-2H3. The van der Waals surface area contributed by atoms with Crippen molar-refractivity contribution >= 4 is 39.1 Å². The number of nitrogens with zero attached hydrogens (tertiary/aromatic N) is 1. The summed E-state index contributed by atoms with van der Waals surface area (Å²) in [5.41, 5.74) is 0.232. The zero-order chi connectivity index (χ0) is 16.7. The molecule has 2 N–H and O–H groups in total. The van der Waals surface area contributed by atoms with Gasteiger partial charge in [0.1, 0.15) is 0 Å². The number of hydrogen-bond acceptors (Lipinski definition) is 5. The van der Waals surface area contributed by atoms with Gasteiger partial charge in [0.05, 0.1) is 15.8 Å². The Morgan fingerprint density at radius 2 is 1.86 bits per heavy atom. The van der Waals surface area contributed by atoms with Crippen molar-refractivity contribution in [2.75, 3.05) is 17.1 Å². The van der Waals surface area contributed by atoms with E-state index in [0.717, 1.165) is 4.31 Å². The predicted octanol–water partition coefficient (Wildman–Crippen LogP) is 3.45. The molecular formula is C13H13Cl2NO5S. The highest BCUT2D eigenvalue weighted by atomic mass is 35.5. The topological polar surface area (TPSA) is 91.0 Å². The molecule has 0 radical (unpaired) electrons. The van der Waals surface area contributed by atoms with E-state index in [1.165, 1.54) is 20.0 Å². The maximum atomic E-state index is 11.9. The second-order valence-corrected chi connectivity index (χ2v) is 7.48. The number of rotatable bonds is 4. The molecule has 0 saturated carbocycles. The molecule has 0 amide bonds. The Morgan fingerprint density at radius 1 is 1.23 bits per heavy atom. The monoisotopic (exact) mass is 365 g/mol. The van der Waals surface area contributed by atoms with Crippen molar-refractivity contribution < 1.29 is 23.0 Å². The predicted molar refractivity (Wildman–Crippen MR) is 85.4 cm³/mol. The van der Waals surface area contributed by atoms with E-state index in [-0.39, 0.29) is 27.1 Å². The summed E-state index contributed by atoms with van der Waals surface area (Å²) < 4.78 is 29.8. The molecule has 2 rings (SSSR count). The van der Waals surface area contributed by atoms with E-state index >= 15 is 0 Å². The van der Waals surface area contributed by atoms with Crippen LogP contribution in [-0.2, 0) is 10.0 Å². The van der Waals surface area contributed by atoms with Crippen molar-refractivity contribution in [3.8, 4) is 22.8 Å². The van der Waals surface area contributed by atoms with Crippen LogP contribution in [0, 0.1) is 0 Å². The van der Waals surface area contributed by atoms with Gasteiger partial charge in [-0.3, -0.25) is 0 Å². The minimum Gasteiger partial charge on any atom is -0.502 e. The molecule has 0 fully saturated rings. The summed E-state index contributed by atoms with van der Waals surface area (Å²) in [7, 11) is -2.46. The van der Waals surface area contributed by atoms with Crippen LogP contribution < -0.4 is 4.31 Å². The van der Waals surface area contributed by atoms with Crippen LogP contribution in [0.2, 0.25) is 10.0 Å². The van der Waals surface area contributed by atoms with Crippen LogP contribution >= 0.6 is 23.2 Å². The van der Waals surface area contributed by atoms with Crippen LogP contribution in [0.1, 0.15) is 6.92 Å². The number of anilines is 1. The van der Waals surface area contributed by atoms with Gasteiger partial charge in [0.15, 0.2) is 5.76 Å². The molecule has 1 heterocycles. The number of furan rings is 1. The Morgan fingerprint density at radius 3 is 2.45 bits per heavy atom. The molecule has 0 atom stereocenters. The Balaban J connectivity index is 2.63. The third-order valence-electron chi connectivity index (χ3n) is 3.10. The molecule has 0 unspecified atom stereocenters. The molecule has 0 spiro atoms. The number of hydrogen-bond donors (Lipinski definition) is 2. The highest BCUT2D eigenvalue weighted by Gasteiger charge is 2.29. The SMILES string of the molecule is CCS(=O)(=O)N(C)c1oc(-c2cccc(Cl)c2Cl)c(O)c1O. The molecule has 0 bridgehead atoms. The molecule has 6 nitrogen and oxygen atoms in total. The maximum absolute atomic E-state index is 11.9. The van der Waals surface area contributed by atoms with Crippen LogP contribution in [0.25, 0.3) is 11.3 Å². The lowest BCUT2D eigenvalue weighted by Crippen LogP contribution is -2.27. The van der Waals surface area contributed by atoms with Crippen molar-refractivity contribution in [3.63, 3.8) is 0 Å². The van der Waals surface area contributed by atoms with Crippen LogP contribution in [0.4, 0.5) is 5.88 Å². The first kappa shape index (κ1) is 16.8. The first-order valence-corrected chi connectivity index (χ1v) is 8.53. The fourth-order valence-electron chi connectivity index (χ4n) is 1.80. The lowest BCUT2D eigenvalue weighted by Gasteiger charge is -2.15. The molecule has 0 aliphatic rings. The van der Waals surface area contributed by atoms with Gasteiger partial charge in [-0.05, 0) is 19.1 Å². The summed E-state index contributed by atoms with van der Waals surface area (Å²) >= 11 is 11.9. The smallest absolute Gasteiger partial charge is 0.256 e. The maximum Gasteiger partial charge on any atom is 0.256 e. The zero-order valence-corrected chi connectivity index (χ0v) is 14.0. The average molecular weight is 366 g/mol. The molecular weight excluding hydrogens is 353 g/mol. The normalized spacial score (nSPS) is 11.6. The van der Waals surface area contributed by atoms with E-state index in [2.05, 4.69) is 0 Å². The third kappa shape index (κ3) is 2.71. The van der Waals surface area contributed by atoms with E-state index in [1.54, 1.807) is 12.1 Å². The first-order chi connectivity index (χ1) is 10.2. The average Bonchev–Trinajstić information content (AvgIpc) is 2.77. The van der Waals surface area contributed by atoms with E-state index in [4.69, 9.17) is 27.6 Å². The summed E-state index contributed by atoms with van der Waals surface area (Å²) in [5.74, 6) is -2.07. The molecule has 1 aromatic carbocycles. The van der Waals surface area contributed by atoms with E-state index in [1.807, 2.05) is 0 Å². The molecule has 2 aromatic rings. The van der Waals surface area contributed by atoms with Crippen LogP contribution in [0.15, 0.2) is 22.6 Å². The number of halogens is 2. The van der Waals surface area contributed by atoms with E-state index in [0.29, 0.717) is 0 Å². The van der Waals surface area contributed by atoms with Crippen LogP contribution in [-0.4, -0.2) is 31.4 Å². The van der Waals surface area contributed by atoms with Crippen LogP contribution in [0.3, 0.4) is 0 Å². The Labute approximate surface area is 137 Å². The second-order valence-electron chi connectivity index (χ2n) is 4.40. The number of aromatic hydroxyl groups is 2. The summed E-state index contributed by atoms with van der Waals surface area (Å²) in [6.45, 7) is 1.44. The summed E-state index contributed by atoms with van der Waals surface area (Å²) in [6.07, 6.45) is 0. The third-order valence-corrected chi connectivity index (χ3v) is 5.65. The van der Waals surface area contributed by atoms with Gasteiger partial charge >= 0.3 is 0 Å². The van der Waals surface area contributed by atoms with Gasteiger partial charge in [-0.25, -0.2) is 12.7 Å². The van der Waals surface area contributed by atoms with Crippen molar-refractivity contribution in [3.05, 3.63) is 28.2 Å². The van der Waals surface area contributed by atoms with Crippen molar-refractivity contribution in [1.29, 1.82) is 0 Å². The fraction of sp³-hybridized carbons (Fsp3) is 0.231. The summed E-state index contributed by atoms with van der Waals surface area (Å²) in [4.78, 5) is 0. The van der Waals surface area contributed by atoms with E-state index in [9.17, 15) is 18.6 Å². The zero-order valence-electron chi connectivity index (χ0n) is 11.7. The van der Waals surface area contributed by atoms with Crippen molar-refractivity contribution in [2.45, 2.75) is 6.92 Å². The van der Waals surface area contributed by atoms with Crippen LogP contribution in [0.5, 0.6) is 11.5 Å². The molecule has 22 heavy (non-hydrogen) atoms. The van der Waals surface area contributed by atoms with E-state index < -0.39 is 27.4 Å². The lowest BCUT2D eigenvalue weighted by atomic mass is 10.1. The number of benzene rings is 1. The largest absolute Gasteiger partial charge is 0.502 e. The molecule has 1 aromatic heterocycles. The van der Waals surface area contributed by atoms with Gasteiger partial charge in [-0.15, -0.1) is 0 Å². The molecule has 0 saturated heterocycles. The van der Waals surface area contributed by atoms with Gasteiger partial charge in [-0.1, -0.05) is 29.3 Å². The van der Waals surface area contributed by atoms with Crippen molar-refractivity contribution in [2.24, 2.45) is 0 Å². The molecule has 9 heteroatoms. The second kappa shape index (κ2) is 5.91. The first-order valence-electron chi connectivity index (χ1n) is 6.16. The Bertz CT molecular complexity index is 816. The lowest BCUT2D eigenvalue weighted by molar-refractivity contribution is 0.409.